The number of carbonyl (C=O) groups is 1. The average molecular weight is 453 g/mol. The second-order valence-electron chi connectivity index (χ2n) is 6.23. The van der Waals surface area contributed by atoms with E-state index in [1.165, 1.54) is 12.4 Å². The number of para-hydroxylation sites is 1. The van der Waals surface area contributed by atoms with E-state index in [9.17, 15) is 14.4 Å². The van der Waals surface area contributed by atoms with E-state index in [0.717, 1.165) is 18.5 Å². The largest absolute Gasteiger partial charge is 0.466 e. The number of nitriles is 1. The van der Waals surface area contributed by atoms with Crippen LogP contribution in [0.1, 0.15) is 17.5 Å². The molecule has 3 rings (SSSR count). The molecule has 0 aliphatic heterocycles. The Balaban J connectivity index is 1.85. The lowest BCUT2D eigenvalue weighted by atomic mass is 10.2. The molecule has 0 aliphatic carbocycles. The van der Waals surface area contributed by atoms with E-state index in [0.29, 0.717) is 5.69 Å². The fourth-order valence-corrected chi connectivity index (χ4v) is 2.82. The summed E-state index contributed by atoms with van der Waals surface area (Å²) in [4.78, 5) is 24.4. The number of hydrogen-bond donors (Lipinski definition) is 3. The van der Waals surface area contributed by atoms with Crippen molar-refractivity contribution in [2.75, 3.05) is 10.6 Å². The van der Waals surface area contributed by atoms with Crippen LogP contribution >= 0.6 is 11.6 Å². The molecule has 2 aromatic heterocycles. The Labute approximate surface area is 187 Å². The van der Waals surface area contributed by atoms with Crippen molar-refractivity contribution in [3.05, 3.63) is 71.7 Å². The average Bonchev–Trinajstić information content (AvgIpc) is 2.80. The number of rotatable bonds is 8. The van der Waals surface area contributed by atoms with Gasteiger partial charge >= 0.3 is 0 Å². The number of halogens is 2. The van der Waals surface area contributed by atoms with Crippen LogP contribution in [0.25, 0.3) is 0 Å². The number of hydrogen-bond acceptors (Lipinski definition) is 8. The van der Waals surface area contributed by atoms with Crippen LogP contribution in [0.3, 0.4) is 0 Å². The Hall–Kier alpha value is -4.10. The second kappa shape index (κ2) is 10.3. The van der Waals surface area contributed by atoms with E-state index in [2.05, 4.69) is 32.5 Å². The van der Waals surface area contributed by atoms with Crippen molar-refractivity contribution in [1.29, 1.82) is 10.7 Å². The minimum atomic E-state index is -1.08. The summed E-state index contributed by atoms with van der Waals surface area (Å²) in [5.74, 6) is -0.890. The van der Waals surface area contributed by atoms with Gasteiger partial charge in [0.15, 0.2) is 6.10 Å². The molecule has 0 saturated heterocycles. The summed E-state index contributed by atoms with van der Waals surface area (Å²) in [6.45, 7) is 3.70. The number of carbonyl (C=O) groups excluding carboxylic acids is 1. The fraction of sp³-hybridized carbons (Fsp3) is 0.0952. The number of nitrogens with one attached hydrogen (secondary N) is 3. The first-order chi connectivity index (χ1) is 15.5. The molecule has 0 saturated carbocycles. The highest BCUT2D eigenvalue weighted by atomic mass is 35.5. The molecular formula is C21H16ClFN7O2-. The summed E-state index contributed by atoms with van der Waals surface area (Å²) in [5.41, 5.74) is 0.706. The summed E-state index contributed by atoms with van der Waals surface area (Å²) in [6.07, 6.45) is 2.03. The van der Waals surface area contributed by atoms with Gasteiger partial charge in [0.2, 0.25) is 5.88 Å². The van der Waals surface area contributed by atoms with Gasteiger partial charge in [-0.3, -0.25) is 4.79 Å². The zero-order valence-corrected chi connectivity index (χ0v) is 17.2. The lowest BCUT2D eigenvalue weighted by Crippen LogP contribution is -2.33. The predicted molar refractivity (Wildman–Crippen MR) is 117 cm³/mol. The maximum atomic E-state index is 13.0. The van der Waals surface area contributed by atoms with Crippen LogP contribution in [0.2, 0.25) is 5.02 Å². The van der Waals surface area contributed by atoms with Crippen LogP contribution in [0.4, 0.5) is 21.7 Å². The van der Waals surface area contributed by atoms with Gasteiger partial charge in [-0.1, -0.05) is 17.7 Å². The monoisotopic (exact) mass is 452 g/mol. The Morgan fingerprint density at radius 3 is 2.81 bits per heavy atom. The van der Waals surface area contributed by atoms with Crippen molar-refractivity contribution in [3.63, 3.8) is 0 Å². The van der Waals surface area contributed by atoms with Crippen LogP contribution in [0, 0.1) is 29.5 Å². The van der Waals surface area contributed by atoms with Crippen molar-refractivity contribution in [2.45, 2.75) is 12.5 Å². The van der Waals surface area contributed by atoms with Crippen molar-refractivity contribution >= 4 is 41.0 Å². The number of anilines is 3. The molecule has 1 unspecified atom stereocenters. The number of aromatic nitrogens is 3. The molecule has 1 aromatic carbocycles. The van der Waals surface area contributed by atoms with E-state index in [1.54, 1.807) is 18.2 Å². The van der Waals surface area contributed by atoms with Crippen LogP contribution in [0.15, 0.2) is 42.9 Å². The molecule has 0 spiro atoms. The molecule has 0 aliphatic rings. The van der Waals surface area contributed by atoms with Crippen molar-refractivity contribution in [1.82, 2.24) is 15.0 Å². The molecule has 3 aromatic rings. The normalized spacial score (nSPS) is 11.2. The van der Waals surface area contributed by atoms with Gasteiger partial charge in [0.1, 0.15) is 29.8 Å². The Kier molecular flexibility index (Phi) is 7.25. The topological polar surface area (TPSA) is 137 Å². The molecule has 11 heteroatoms. The highest BCUT2D eigenvalue weighted by molar-refractivity contribution is 6.33. The summed E-state index contributed by atoms with van der Waals surface area (Å²) < 4.78 is 18.7. The maximum absolute atomic E-state index is 13.0. The van der Waals surface area contributed by atoms with Gasteiger partial charge in [-0.25, -0.2) is 19.3 Å². The van der Waals surface area contributed by atoms with Crippen LogP contribution in [-0.2, 0) is 4.79 Å². The molecule has 1 atom stereocenters. The van der Waals surface area contributed by atoms with Gasteiger partial charge in [-0.15, -0.1) is 6.42 Å². The smallest absolute Gasteiger partial charge is 0.263 e. The number of nitrogens with zero attached hydrogens (tertiary/aromatic N) is 4. The Bertz CT molecular complexity index is 1180. The van der Waals surface area contributed by atoms with E-state index >= 15 is 0 Å². The van der Waals surface area contributed by atoms with Gasteiger partial charge in [0, 0.05) is 6.21 Å². The van der Waals surface area contributed by atoms with Crippen LogP contribution < -0.4 is 15.4 Å². The van der Waals surface area contributed by atoms with Gasteiger partial charge in [-0.2, -0.15) is 5.26 Å². The van der Waals surface area contributed by atoms with Gasteiger partial charge < -0.3 is 27.7 Å². The Morgan fingerprint density at radius 1 is 1.34 bits per heavy atom. The highest BCUT2D eigenvalue weighted by Gasteiger charge is 2.21. The van der Waals surface area contributed by atoms with Crippen LogP contribution in [-0.4, -0.2) is 33.2 Å². The highest BCUT2D eigenvalue weighted by Crippen LogP contribution is 2.31. The summed E-state index contributed by atoms with van der Waals surface area (Å²) in [7, 11) is 0. The molecule has 2 heterocycles. The van der Waals surface area contributed by atoms with Crippen molar-refractivity contribution in [2.24, 2.45) is 0 Å². The van der Waals surface area contributed by atoms with Gasteiger partial charge in [0.05, 0.1) is 28.0 Å². The maximum Gasteiger partial charge on any atom is 0.263 e. The van der Waals surface area contributed by atoms with Crippen molar-refractivity contribution < 1.29 is 13.9 Å². The lowest BCUT2D eigenvalue weighted by molar-refractivity contribution is -0.122. The lowest BCUT2D eigenvalue weighted by Gasteiger charge is -2.20. The molecule has 0 bridgehead atoms. The third-order valence-electron chi connectivity index (χ3n) is 4.16. The first-order valence-electron chi connectivity index (χ1n) is 9.16. The van der Waals surface area contributed by atoms with E-state index in [4.69, 9.17) is 21.7 Å². The molecule has 9 nitrogen and oxygen atoms in total. The molecule has 162 valence electrons. The Morgan fingerprint density at radius 2 is 2.16 bits per heavy atom. The number of amides is 1. The third-order valence-corrected chi connectivity index (χ3v) is 4.47. The standard InChI is InChI=1S/C21H16ClFN7O2/c1-2-16(20(31)29-17-7-6-13(23)10-26-17)32-21-14(9-25)19(27-11-28-21)30-18-12(8-24)4-3-5-15(18)22/h3-7,9-11,16,25H,1-2H2,(H,26,29,31)(H,27,28,30)/q-1. The first kappa shape index (κ1) is 22.6. The van der Waals surface area contributed by atoms with E-state index < -0.39 is 17.8 Å². The minimum Gasteiger partial charge on any atom is -0.466 e. The SMILES string of the molecule is [CH2-]CC(Oc1ncnc(Nc2c(Cl)cccc2C#N)c1C=N)C(=O)Nc1ccc(F)cn1. The van der Waals surface area contributed by atoms with Gasteiger partial charge in [0.25, 0.3) is 5.91 Å². The number of ether oxygens (including phenoxy) is 1. The first-order valence-corrected chi connectivity index (χ1v) is 9.54. The second-order valence-corrected chi connectivity index (χ2v) is 6.64. The molecular weight excluding hydrogens is 437 g/mol. The minimum absolute atomic E-state index is 0.0281. The fourth-order valence-electron chi connectivity index (χ4n) is 2.60. The van der Waals surface area contributed by atoms with Gasteiger partial charge in [-0.05, 0) is 24.3 Å². The summed E-state index contributed by atoms with van der Waals surface area (Å²) in [5, 5.41) is 22.8. The van der Waals surface area contributed by atoms with Crippen molar-refractivity contribution in [3.8, 4) is 11.9 Å². The van der Waals surface area contributed by atoms with E-state index in [-0.39, 0.29) is 40.1 Å². The molecule has 0 radical (unpaired) electrons. The molecule has 32 heavy (non-hydrogen) atoms. The molecule has 1 amide bonds. The quantitative estimate of drug-likeness (QED) is 0.348. The zero-order valence-electron chi connectivity index (χ0n) is 16.5. The number of pyridine rings is 1. The summed E-state index contributed by atoms with van der Waals surface area (Å²) in [6, 6.07) is 9.28. The van der Waals surface area contributed by atoms with Crippen LogP contribution in [0.5, 0.6) is 5.88 Å². The number of benzene rings is 1. The predicted octanol–water partition coefficient (Wildman–Crippen LogP) is 3.89. The summed E-state index contributed by atoms with van der Waals surface area (Å²) >= 11 is 6.19. The zero-order chi connectivity index (χ0) is 23.1. The third kappa shape index (κ3) is 5.14. The molecule has 0 fully saturated rings. The molecule has 3 N–H and O–H groups in total. The van der Waals surface area contributed by atoms with E-state index in [1.807, 2.05) is 6.07 Å².